The predicted molar refractivity (Wildman–Crippen MR) is 56.5 cm³/mol. The van der Waals surface area contributed by atoms with Gasteiger partial charge in [-0.15, -0.1) is 0 Å². The molecule has 78 valence electrons. The van der Waals surface area contributed by atoms with Crippen LogP contribution in [0.25, 0.3) is 6.08 Å². The summed E-state index contributed by atoms with van der Waals surface area (Å²) in [6.07, 6.45) is 4.04. The molecule has 0 saturated heterocycles. The van der Waals surface area contributed by atoms with Crippen molar-refractivity contribution in [2.45, 2.75) is 11.8 Å². The summed E-state index contributed by atoms with van der Waals surface area (Å²) in [6.45, 7) is -0.371. The Bertz CT molecular complexity index is 423. The minimum absolute atomic E-state index is 0.343. The minimum atomic E-state index is -1.16. The van der Waals surface area contributed by atoms with Gasteiger partial charge in [0.2, 0.25) is 0 Å². The van der Waals surface area contributed by atoms with Crippen molar-refractivity contribution < 1.29 is 15.0 Å². The first-order valence-corrected chi connectivity index (χ1v) is 4.81. The molecule has 1 aromatic carbocycles. The normalized spacial score (nSPS) is 23.5. The van der Waals surface area contributed by atoms with Crippen LogP contribution >= 0.6 is 0 Å². The molecule has 1 aliphatic rings. The number of allylic oxidation sites excluding steroid dienone is 1. The number of benzene rings is 1. The van der Waals surface area contributed by atoms with Gasteiger partial charge in [-0.2, -0.15) is 0 Å². The molecule has 2 N–H and O–H groups in total. The molecule has 0 fully saturated rings. The fourth-order valence-corrected chi connectivity index (χ4v) is 2.00. The standard InChI is InChI=1S/C12H12O3/c13-8-12(11(14)15)7-3-5-9-4-1-2-6-10(9)12/h1-6,13H,7-8H2,(H,14,15). The fraction of sp³-hybridized carbons (Fsp3) is 0.250. The summed E-state index contributed by atoms with van der Waals surface area (Å²) >= 11 is 0. The second kappa shape index (κ2) is 3.51. The Hall–Kier alpha value is -1.61. The molecule has 0 heterocycles. The Kier molecular flexibility index (Phi) is 2.32. The van der Waals surface area contributed by atoms with Gasteiger partial charge < -0.3 is 10.2 Å². The highest BCUT2D eigenvalue weighted by atomic mass is 16.4. The molecule has 2 rings (SSSR count). The van der Waals surface area contributed by atoms with Crippen molar-refractivity contribution in [1.82, 2.24) is 0 Å². The molecule has 3 heteroatoms. The molecule has 0 aliphatic heterocycles. The van der Waals surface area contributed by atoms with E-state index < -0.39 is 11.4 Å². The molecule has 1 atom stereocenters. The highest BCUT2D eigenvalue weighted by molar-refractivity contribution is 5.85. The van der Waals surface area contributed by atoms with Gasteiger partial charge in [-0.1, -0.05) is 36.4 Å². The van der Waals surface area contributed by atoms with Gasteiger partial charge in [0.25, 0.3) is 0 Å². The van der Waals surface area contributed by atoms with E-state index >= 15 is 0 Å². The van der Waals surface area contributed by atoms with Gasteiger partial charge in [-0.05, 0) is 17.5 Å². The third-order valence-electron chi connectivity index (χ3n) is 2.92. The molecule has 0 spiro atoms. The molecule has 1 aliphatic carbocycles. The lowest BCUT2D eigenvalue weighted by Crippen LogP contribution is -2.40. The van der Waals surface area contributed by atoms with Crippen LogP contribution < -0.4 is 0 Å². The van der Waals surface area contributed by atoms with E-state index in [-0.39, 0.29) is 6.61 Å². The number of hydrogen-bond donors (Lipinski definition) is 2. The zero-order chi connectivity index (χ0) is 10.9. The quantitative estimate of drug-likeness (QED) is 0.766. The Balaban J connectivity index is 2.62. The van der Waals surface area contributed by atoms with Gasteiger partial charge in [-0.3, -0.25) is 4.79 Å². The van der Waals surface area contributed by atoms with Gasteiger partial charge in [-0.25, -0.2) is 0 Å². The van der Waals surface area contributed by atoms with Crippen molar-refractivity contribution >= 4 is 12.0 Å². The third-order valence-corrected chi connectivity index (χ3v) is 2.92. The van der Waals surface area contributed by atoms with Gasteiger partial charge in [0.1, 0.15) is 5.41 Å². The van der Waals surface area contributed by atoms with Crippen LogP contribution in [-0.4, -0.2) is 22.8 Å². The van der Waals surface area contributed by atoms with E-state index in [0.29, 0.717) is 12.0 Å². The van der Waals surface area contributed by atoms with Gasteiger partial charge >= 0.3 is 5.97 Å². The van der Waals surface area contributed by atoms with Crippen LogP contribution in [-0.2, 0) is 10.2 Å². The SMILES string of the molecule is O=C(O)C1(CO)CC=Cc2ccccc21. The highest BCUT2D eigenvalue weighted by Gasteiger charge is 2.41. The second-order valence-electron chi connectivity index (χ2n) is 3.74. The fourth-order valence-electron chi connectivity index (χ4n) is 2.00. The molecule has 15 heavy (non-hydrogen) atoms. The summed E-state index contributed by atoms with van der Waals surface area (Å²) in [7, 11) is 0. The number of aliphatic carboxylic acids is 1. The summed E-state index contributed by atoms with van der Waals surface area (Å²) in [4.78, 5) is 11.3. The van der Waals surface area contributed by atoms with Gasteiger partial charge in [0.15, 0.2) is 0 Å². The number of hydrogen-bond acceptors (Lipinski definition) is 2. The second-order valence-corrected chi connectivity index (χ2v) is 3.74. The Labute approximate surface area is 87.7 Å². The topological polar surface area (TPSA) is 57.5 Å². The Morgan fingerprint density at radius 1 is 1.40 bits per heavy atom. The average molecular weight is 204 g/mol. The lowest BCUT2D eigenvalue weighted by Gasteiger charge is -2.30. The molecular formula is C12H12O3. The van der Waals surface area contributed by atoms with E-state index in [1.54, 1.807) is 18.2 Å². The van der Waals surface area contributed by atoms with Gasteiger partial charge in [0.05, 0.1) is 6.61 Å². The van der Waals surface area contributed by atoms with Crippen molar-refractivity contribution in [3.05, 3.63) is 41.5 Å². The van der Waals surface area contributed by atoms with Crippen LogP contribution in [0.2, 0.25) is 0 Å². The number of rotatable bonds is 2. The monoisotopic (exact) mass is 204 g/mol. The van der Waals surface area contributed by atoms with Crippen molar-refractivity contribution in [3.63, 3.8) is 0 Å². The summed E-state index contributed by atoms with van der Waals surface area (Å²) in [5.74, 6) is -0.971. The maximum absolute atomic E-state index is 11.3. The maximum Gasteiger partial charge on any atom is 0.316 e. The molecule has 1 unspecified atom stereocenters. The summed E-state index contributed by atoms with van der Waals surface area (Å²) in [5, 5.41) is 18.6. The molecule has 0 radical (unpaired) electrons. The van der Waals surface area contributed by atoms with Crippen molar-refractivity contribution in [1.29, 1.82) is 0 Å². The van der Waals surface area contributed by atoms with E-state index in [2.05, 4.69) is 0 Å². The lowest BCUT2D eigenvalue weighted by atomic mass is 9.73. The summed E-state index contributed by atoms with van der Waals surface area (Å²) in [6, 6.07) is 7.28. The van der Waals surface area contributed by atoms with Crippen LogP contribution in [0.15, 0.2) is 30.3 Å². The van der Waals surface area contributed by atoms with Crippen molar-refractivity contribution in [2.24, 2.45) is 0 Å². The van der Waals surface area contributed by atoms with E-state index in [4.69, 9.17) is 0 Å². The Morgan fingerprint density at radius 3 is 2.80 bits per heavy atom. The molecular weight excluding hydrogens is 192 g/mol. The molecule has 0 bridgehead atoms. The zero-order valence-electron chi connectivity index (χ0n) is 8.18. The number of carbonyl (C=O) groups is 1. The first-order valence-electron chi connectivity index (χ1n) is 4.81. The highest BCUT2D eigenvalue weighted by Crippen LogP contribution is 2.35. The van der Waals surface area contributed by atoms with Crippen LogP contribution in [0.5, 0.6) is 0 Å². The molecule has 0 saturated carbocycles. The first-order chi connectivity index (χ1) is 7.20. The third kappa shape index (κ3) is 1.36. The molecule has 0 amide bonds. The number of carboxylic acids is 1. The van der Waals surface area contributed by atoms with Crippen LogP contribution in [0.1, 0.15) is 17.5 Å². The first kappa shape index (κ1) is 9.93. The Morgan fingerprint density at radius 2 is 2.13 bits per heavy atom. The minimum Gasteiger partial charge on any atom is -0.481 e. The van der Waals surface area contributed by atoms with Crippen LogP contribution in [0.4, 0.5) is 0 Å². The predicted octanol–water partition coefficient (Wildman–Crippen LogP) is 1.42. The summed E-state index contributed by atoms with van der Waals surface area (Å²) < 4.78 is 0. The zero-order valence-corrected chi connectivity index (χ0v) is 8.18. The summed E-state index contributed by atoms with van der Waals surface area (Å²) in [5.41, 5.74) is 0.411. The molecule has 3 nitrogen and oxygen atoms in total. The maximum atomic E-state index is 11.3. The number of aliphatic hydroxyl groups excluding tert-OH is 1. The molecule has 0 aromatic heterocycles. The van der Waals surface area contributed by atoms with E-state index in [9.17, 15) is 15.0 Å². The van der Waals surface area contributed by atoms with Crippen LogP contribution in [0, 0.1) is 0 Å². The molecule has 1 aromatic rings. The number of aliphatic hydroxyl groups is 1. The van der Waals surface area contributed by atoms with Crippen molar-refractivity contribution in [3.8, 4) is 0 Å². The van der Waals surface area contributed by atoms with E-state index in [1.807, 2.05) is 18.2 Å². The average Bonchev–Trinajstić information content (AvgIpc) is 2.28. The van der Waals surface area contributed by atoms with Crippen LogP contribution in [0.3, 0.4) is 0 Å². The van der Waals surface area contributed by atoms with E-state index in [1.165, 1.54) is 0 Å². The van der Waals surface area contributed by atoms with Gasteiger partial charge in [0, 0.05) is 0 Å². The largest absolute Gasteiger partial charge is 0.481 e. The number of fused-ring (bicyclic) bond motifs is 1. The lowest BCUT2D eigenvalue weighted by molar-refractivity contribution is -0.145. The van der Waals surface area contributed by atoms with Crippen molar-refractivity contribution in [2.75, 3.05) is 6.61 Å². The smallest absolute Gasteiger partial charge is 0.316 e. The van der Waals surface area contributed by atoms with E-state index in [0.717, 1.165) is 5.56 Å². The number of carboxylic acid groups (broad SMARTS) is 1.